The molecule has 0 bridgehead atoms. The first-order chi connectivity index (χ1) is 8.58. The molecule has 0 unspecified atom stereocenters. The molecule has 2 rings (SSSR count). The molecule has 0 aliphatic rings. The van der Waals surface area contributed by atoms with Gasteiger partial charge >= 0.3 is 0 Å². The van der Waals surface area contributed by atoms with E-state index >= 15 is 0 Å². The number of benzene rings is 2. The van der Waals surface area contributed by atoms with E-state index in [1.54, 1.807) is 6.07 Å². The normalized spacial score (nSPS) is 10.4. The van der Waals surface area contributed by atoms with E-state index in [0.717, 1.165) is 11.1 Å². The van der Waals surface area contributed by atoms with Crippen molar-refractivity contribution in [3.8, 4) is 0 Å². The quantitative estimate of drug-likeness (QED) is 0.757. The van der Waals surface area contributed by atoms with Crippen LogP contribution in [0.3, 0.4) is 0 Å². The van der Waals surface area contributed by atoms with Crippen LogP contribution >= 0.6 is 11.6 Å². The van der Waals surface area contributed by atoms with Crippen LogP contribution in [0.25, 0.3) is 0 Å². The highest BCUT2D eigenvalue weighted by Gasteiger charge is 2.13. The molecule has 92 valence electrons. The number of carbonyl (C=O) groups excluding carboxylic acids is 1. The molecular weight excluding hydrogens is 251 g/mol. The third-order valence-corrected chi connectivity index (χ3v) is 3.12. The molecule has 1 nitrogen and oxygen atoms in total. The van der Waals surface area contributed by atoms with Crippen molar-refractivity contribution in [3.63, 3.8) is 0 Å². The van der Waals surface area contributed by atoms with Gasteiger partial charge in [0.1, 0.15) is 5.82 Å². The maximum atomic E-state index is 13.2. The van der Waals surface area contributed by atoms with Gasteiger partial charge in [0, 0.05) is 12.0 Å². The van der Waals surface area contributed by atoms with E-state index in [0.29, 0.717) is 0 Å². The summed E-state index contributed by atoms with van der Waals surface area (Å²) in [6.45, 7) is 1.98. The van der Waals surface area contributed by atoms with Crippen molar-refractivity contribution in [1.29, 1.82) is 0 Å². The van der Waals surface area contributed by atoms with E-state index in [2.05, 4.69) is 0 Å². The van der Waals surface area contributed by atoms with Crippen molar-refractivity contribution in [1.82, 2.24) is 0 Å². The second kappa shape index (κ2) is 5.32. The molecule has 0 saturated carbocycles. The van der Waals surface area contributed by atoms with Crippen molar-refractivity contribution in [3.05, 3.63) is 70.0 Å². The van der Waals surface area contributed by atoms with Gasteiger partial charge in [-0.25, -0.2) is 4.39 Å². The maximum absolute atomic E-state index is 13.2. The predicted molar refractivity (Wildman–Crippen MR) is 70.6 cm³/mol. The lowest BCUT2D eigenvalue weighted by molar-refractivity contribution is 0.0992. The lowest BCUT2D eigenvalue weighted by Crippen LogP contribution is -2.05. The fraction of sp³-hybridized carbons (Fsp3) is 0.133. The highest BCUT2D eigenvalue weighted by atomic mass is 35.5. The average molecular weight is 263 g/mol. The largest absolute Gasteiger partial charge is 0.294 e. The minimum atomic E-state index is -0.563. The van der Waals surface area contributed by atoms with Crippen LogP contribution in [0.4, 0.5) is 4.39 Å². The number of carbonyl (C=O) groups is 1. The summed E-state index contributed by atoms with van der Waals surface area (Å²) in [7, 11) is 0. The van der Waals surface area contributed by atoms with Crippen LogP contribution < -0.4 is 0 Å². The number of rotatable bonds is 3. The van der Waals surface area contributed by atoms with Crippen molar-refractivity contribution >= 4 is 17.4 Å². The molecule has 0 aromatic heterocycles. The highest BCUT2D eigenvalue weighted by molar-refractivity contribution is 6.34. The van der Waals surface area contributed by atoms with Crippen LogP contribution in [-0.4, -0.2) is 5.78 Å². The van der Waals surface area contributed by atoms with Gasteiger partial charge in [-0.3, -0.25) is 4.79 Å². The van der Waals surface area contributed by atoms with E-state index in [9.17, 15) is 9.18 Å². The topological polar surface area (TPSA) is 17.1 Å². The van der Waals surface area contributed by atoms with Gasteiger partial charge in [-0.2, -0.15) is 0 Å². The zero-order valence-corrected chi connectivity index (χ0v) is 10.7. The monoisotopic (exact) mass is 262 g/mol. The van der Waals surface area contributed by atoms with Gasteiger partial charge in [-0.15, -0.1) is 0 Å². The molecule has 2 aromatic carbocycles. The average Bonchev–Trinajstić information content (AvgIpc) is 2.35. The second-order valence-corrected chi connectivity index (χ2v) is 4.56. The van der Waals surface area contributed by atoms with Crippen LogP contribution in [0.2, 0.25) is 5.02 Å². The Kier molecular flexibility index (Phi) is 3.78. The van der Waals surface area contributed by atoms with Crippen LogP contribution in [-0.2, 0) is 6.42 Å². The first-order valence-electron chi connectivity index (χ1n) is 5.60. The van der Waals surface area contributed by atoms with E-state index in [4.69, 9.17) is 11.6 Å². The Bertz CT molecular complexity index is 576. The highest BCUT2D eigenvalue weighted by Crippen LogP contribution is 2.21. The summed E-state index contributed by atoms with van der Waals surface area (Å²) in [6.07, 6.45) is 0.226. The van der Waals surface area contributed by atoms with Crippen LogP contribution in [0.5, 0.6) is 0 Å². The van der Waals surface area contributed by atoms with Gasteiger partial charge in [0.2, 0.25) is 0 Å². The van der Waals surface area contributed by atoms with Gasteiger partial charge < -0.3 is 0 Å². The molecule has 0 radical (unpaired) electrons. The lowest BCUT2D eigenvalue weighted by atomic mass is 10.0. The standard InChI is InChI=1S/C15H12ClFO/c1-10-5-7-11(8-6-10)9-14(18)12-3-2-4-13(17)15(12)16/h2-8H,9H2,1H3. The fourth-order valence-corrected chi connectivity index (χ4v) is 1.94. The Labute approximate surface area is 110 Å². The minimum absolute atomic E-state index is 0.102. The number of aryl methyl sites for hydroxylation is 1. The molecule has 0 atom stereocenters. The molecule has 0 heterocycles. The Morgan fingerprint density at radius 3 is 2.50 bits per heavy atom. The second-order valence-electron chi connectivity index (χ2n) is 4.19. The van der Waals surface area contributed by atoms with Gasteiger partial charge in [-0.05, 0) is 24.6 Å². The van der Waals surface area contributed by atoms with Crippen molar-refractivity contribution < 1.29 is 9.18 Å². The maximum Gasteiger partial charge on any atom is 0.168 e. The Hall–Kier alpha value is -1.67. The van der Waals surface area contributed by atoms with Gasteiger partial charge in [-0.1, -0.05) is 47.5 Å². The van der Waals surface area contributed by atoms with Gasteiger partial charge in [0.25, 0.3) is 0 Å². The lowest BCUT2D eigenvalue weighted by Gasteiger charge is -2.05. The first kappa shape index (κ1) is 12.8. The third-order valence-electron chi connectivity index (χ3n) is 2.74. The number of halogens is 2. The molecule has 0 fully saturated rings. The number of ketones is 1. The Morgan fingerprint density at radius 1 is 1.17 bits per heavy atom. The molecule has 0 saturated heterocycles. The van der Waals surface area contributed by atoms with Crippen LogP contribution in [0, 0.1) is 12.7 Å². The summed E-state index contributed by atoms with van der Waals surface area (Å²) in [5, 5.41) is -0.102. The first-order valence-corrected chi connectivity index (χ1v) is 5.98. The molecule has 0 N–H and O–H groups in total. The zero-order chi connectivity index (χ0) is 13.1. The molecule has 0 spiro atoms. The number of hydrogen-bond acceptors (Lipinski definition) is 1. The summed E-state index contributed by atoms with van der Waals surface area (Å²) in [5.74, 6) is -0.741. The molecule has 3 heteroatoms. The van der Waals surface area contributed by atoms with E-state index < -0.39 is 5.82 Å². The van der Waals surface area contributed by atoms with Crippen LogP contribution in [0.15, 0.2) is 42.5 Å². The van der Waals surface area contributed by atoms with Gasteiger partial charge in [0.05, 0.1) is 5.02 Å². The smallest absolute Gasteiger partial charge is 0.168 e. The minimum Gasteiger partial charge on any atom is -0.294 e. The van der Waals surface area contributed by atoms with Gasteiger partial charge in [0.15, 0.2) is 5.78 Å². The molecular formula is C15H12ClFO. The molecule has 0 amide bonds. The fourth-order valence-electron chi connectivity index (χ4n) is 1.71. The summed E-state index contributed by atoms with van der Waals surface area (Å²) >= 11 is 5.78. The zero-order valence-electron chi connectivity index (χ0n) is 9.91. The predicted octanol–water partition coefficient (Wildman–Crippen LogP) is 4.21. The van der Waals surface area contributed by atoms with Crippen molar-refractivity contribution in [2.24, 2.45) is 0 Å². The summed E-state index contributed by atoms with van der Waals surface area (Å²) in [5.41, 5.74) is 2.26. The van der Waals surface area contributed by atoms with E-state index in [1.165, 1.54) is 12.1 Å². The molecule has 2 aromatic rings. The summed E-state index contributed by atoms with van der Waals surface area (Å²) in [6, 6.07) is 11.9. The third kappa shape index (κ3) is 2.77. The molecule has 18 heavy (non-hydrogen) atoms. The van der Waals surface area contributed by atoms with Crippen molar-refractivity contribution in [2.75, 3.05) is 0 Å². The molecule has 0 aliphatic carbocycles. The number of hydrogen-bond donors (Lipinski definition) is 0. The molecule has 0 aliphatic heterocycles. The Balaban J connectivity index is 2.22. The Morgan fingerprint density at radius 2 is 1.83 bits per heavy atom. The summed E-state index contributed by atoms with van der Waals surface area (Å²) < 4.78 is 13.2. The van der Waals surface area contributed by atoms with Crippen molar-refractivity contribution in [2.45, 2.75) is 13.3 Å². The van der Waals surface area contributed by atoms with Crippen LogP contribution in [0.1, 0.15) is 21.5 Å². The summed E-state index contributed by atoms with van der Waals surface area (Å²) in [4.78, 5) is 12.0. The SMILES string of the molecule is Cc1ccc(CC(=O)c2cccc(F)c2Cl)cc1. The van der Waals surface area contributed by atoms with E-state index in [-0.39, 0.29) is 22.8 Å². The number of Topliss-reactive ketones (excluding diaryl/α,β-unsaturated/α-hetero) is 1. The van der Waals surface area contributed by atoms with E-state index in [1.807, 2.05) is 31.2 Å².